The van der Waals surface area contributed by atoms with Crippen LogP contribution in [0.15, 0.2) is 0 Å². The Morgan fingerprint density at radius 2 is 1.82 bits per heavy atom. The van der Waals surface area contributed by atoms with Gasteiger partial charge in [0.2, 0.25) is 0 Å². The molecule has 4 fully saturated rings. The lowest BCUT2D eigenvalue weighted by Gasteiger charge is -2.60. The second kappa shape index (κ2) is 5.18. The summed E-state index contributed by atoms with van der Waals surface area (Å²) in [4.78, 5) is 12.7. The van der Waals surface area contributed by atoms with Crippen LogP contribution >= 0.6 is 22.6 Å². The summed E-state index contributed by atoms with van der Waals surface area (Å²) in [5, 5.41) is 10.1. The molecule has 0 aliphatic heterocycles. The number of Topliss-reactive ketones (excluding diaryl/α,β-unsaturated/α-hetero) is 1. The van der Waals surface area contributed by atoms with Gasteiger partial charge in [0.25, 0.3) is 0 Å². The zero-order valence-electron chi connectivity index (χ0n) is 13.9. The molecule has 0 spiro atoms. The number of ketones is 1. The molecule has 0 bridgehead atoms. The van der Waals surface area contributed by atoms with Gasteiger partial charge in [-0.1, -0.05) is 36.4 Å². The highest BCUT2D eigenvalue weighted by molar-refractivity contribution is 14.1. The van der Waals surface area contributed by atoms with E-state index in [1.807, 2.05) is 0 Å². The molecule has 0 heterocycles. The first kappa shape index (κ1) is 15.9. The second-order valence-corrected chi connectivity index (χ2v) is 10.6. The number of rotatable bonds is 0. The summed E-state index contributed by atoms with van der Waals surface area (Å²) in [6.45, 7) is 4.79. The number of carbonyl (C=O) groups is 1. The average Bonchev–Trinajstić information content (AvgIpc) is 2.72. The number of aliphatic hydroxyl groups excluding tert-OH is 1. The maximum Gasteiger partial charge on any atom is 0.151 e. The first-order chi connectivity index (χ1) is 10.4. The summed E-state index contributed by atoms with van der Waals surface area (Å²) < 4.78 is 0.255. The predicted octanol–water partition coefficient (Wildman–Crippen LogP) is 4.37. The van der Waals surface area contributed by atoms with Crippen molar-refractivity contribution in [2.24, 2.45) is 34.5 Å². The molecule has 0 aromatic heterocycles. The van der Waals surface area contributed by atoms with Crippen LogP contribution in [-0.4, -0.2) is 20.9 Å². The van der Waals surface area contributed by atoms with E-state index < -0.39 is 0 Å². The van der Waals surface area contributed by atoms with Gasteiger partial charge in [0.05, 0.1) is 10.0 Å². The lowest BCUT2D eigenvalue weighted by Crippen LogP contribution is -2.54. The summed E-state index contributed by atoms with van der Waals surface area (Å²) in [6.07, 6.45) is 9.22. The van der Waals surface area contributed by atoms with E-state index in [1.54, 1.807) is 0 Å². The van der Waals surface area contributed by atoms with Gasteiger partial charge < -0.3 is 5.11 Å². The largest absolute Gasteiger partial charge is 0.393 e. The molecule has 4 aliphatic rings. The fraction of sp³-hybridized carbons (Fsp3) is 0.947. The molecule has 4 aliphatic carbocycles. The third kappa shape index (κ3) is 2.03. The Morgan fingerprint density at radius 1 is 1.05 bits per heavy atom. The standard InChI is InChI=1S/C19H29IO2/c1-18-7-5-12(21)9-11(18)3-4-13-14(18)6-8-19(2)15(13)10-16(20)17(19)22/h11-16,21H,3-10H2,1-2H3/t11-,12-,13?,14?,15?,16-,18-,19-/m0/s1. The van der Waals surface area contributed by atoms with Crippen molar-refractivity contribution in [3.8, 4) is 0 Å². The number of halogens is 1. The van der Waals surface area contributed by atoms with Crippen LogP contribution in [0, 0.1) is 34.5 Å². The Morgan fingerprint density at radius 3 is 2.59 bits per heavy atom. The molecule has 8 atom stereocenters. The minimum absolute atomic E-state index is 0.0234. The van der Waals surface area contributed by atoms with Gasteiger partial charge in [0, 0.05) is 5.41 Å². The number of hydrogen-bond acceptors (Lipinski definition) is 2. The number of alkyl halides is 1. The van der Waals surface area contributed by atoms with Gasteiger partial charge >= 0.3 is 0 Å². The highest BCUT2D eigenvalue weighted by atomic mass is 127. The molecule has 1 N–H and O–H groups in total. The van der Waals surface area contributed by atoms with Gasteiger partial charge in [0.1, 0.15) is 0 Å². The molecule has 3 unspecified atom stereocenters. The van der Waals surface area contributed by atoms with Gasteiger partial charge in [-0.05, 0) is 80.5 Å². The molecule has 0 amide bonds. The predicted molar refractivity (Wildman–Crippen MR) is 95.9 cm³/mol. The van der Waals surface area contributed by atoms with Gasteiger partial charge in [0.15, 0.2) is 5.78 Å². The molecule has 0 saturated heterocycles. The van der Waals surface area contributed by atoms with Crippen molar-refractivity contribution < 1.29 is 9.90 Å². The molecule has 22 heavy (non-hydrogen) atoms. The average molecular weight is 416 g/mol. The van der Waals surface area contributed by atoms with Crippen molar-refractivity contribution >= 4 is 28.4 Å². The van der Waals surface area contributed by atoms with E-state index in [9.17, 15) is 9.90 Å². The molecular formula is C19H29IO2. The fourth-order valence-corrected chi connectivity index (χ4v) is 8.24. The SMILES string of the molecule is C[C@]12CCC3C(CC[C@H]4C[C@@H](O)CC[C@]34C)C1C[C@H](I)C2=O. The Bertz CT molecular complexity index is 492. The Labute approximate surface area is 148 Å². The van der Waals surface area contributed by atoms with Crippen LogP contribution < -0.4 is 0 Å². The van der Waals surface area contributed by atoms with E-state index in [2.05, 4.69) is 36.4 Å². The Hall–Kier alpha value is 0.360. The van der Waals surface area contributed by atoms with Crippen LogP contribution in [0.25, 0.3) is 0 Å². The lowest BCUT2D eigenvalue weighted by atomic mass is 9.45. The Balaban J connectivity index is 1.64. The molecule has 124 valence electrons. The van der Waals surface area contributed by atoms with Gasteiger partial charge in [-0.15, -0.1) is 0 Å². The van der Waals surface area contributed by atoms with Gasteiger partial charge in [-0.3, -0.25) is 4.79 Å². The van der Waals surface area contributed by atoms with Crippen molar-refractivity contribution in [3.05, 3.63) is 0 Å². The second-order valence-electron chi connectivity index (χ2n) is 9.11. The summed E-state index contributed by atoms with van der Waals surface area (Å²) in [5.41, 5.74) is 0.403. The third-order valence-corrected chi connectivity index (χ3v) is 9.41. The van der Waals surface area contributed by atoms with E-state index in [1.165, 1.54) is 25.7 Å². The summed E-state index contributed by atoms with van der Waals surface area (Å²) >= 11 is 2.40. The molecule has 3 heteroatoms. The Kier molecular flexibility index (Phi) is 3.73. The van der Waals surface area contributed by atoms with Crippen molar-refractivity contribution in [2.75, 3.05) is 0 Å². The quantitative estimate of drug-likeness (QED) is 0.470. The van der Waals surface area contributed by atoms with Crippen molar-refractivity contribution in [2.45, 2.75) is 75.2 Å². The summed E-state index contributed by atoms with van der Waals surface area (Å²) in [5.74, 6) is 3.45. The highest BCUT2D eigenvalue weighted by Gasteiger charge is 2.61. The topological polar surface area (TPSA) is 37.3 Å². The fourth-order valence-electron chi connectivity index (χ4n) is 6.98. The third-order valence-electron chi connectivity index (χ3n) is 8.34. The summed E-state index contributed by atoms with van der Waals surface area (Å²) in [6, 6.07) is 0. The number of carbonyl (C=O) groups excluding carboxylic acids is 1. The van der Waals surface area contributed by atoms with Crippen molar-refractivity contribution in [1.29, 1.82) is 0 Å². The molecule has 4 rings (SSSR count). The molecule has 4 saturated carbocycles. The maximum atomic E-state index is 12.7. The van der Waals surface area contributed by atoms with Gasteiger partial charge in [-0.25, -0.2) is 0 Å². The van der Waals surface area contributed by atoms with E-state index in [0.717, 1.165) is 37.5 Å². The normalized spacial score (nSPS) is 57.9. The first-order valence-corrected chi connectivity index (χ1v) is 10.5. The zero-order valence-corrected chi connectivity index (χ0v) is 16.0. The molecule has 2 nitrogen and oxygen atoms in total. The molecule has 0 aromatic rings. The molecular weight excluding hydrogens is 387 g/mol. The van der Waals surface area contributed by atoms with Crippen LogP contribution in [-0.2, 0) is 4.79 Å². The van der Waals surface area contributed by atoms with Crippen LogP contribution in [0.5, 0.6) is 0 Å². The van der Waals surface area contributed by atoms with E-state index >= 15 is 0 Å². The maximum absolute atomic E-state index is 12.7. The van der Waals surface area contributed by atoms with Gasteiger partial charge in [-0.2, -0.15) is 0 Å². The number of fused-ring (bicyclic) bond motifs is 5. The zero-order chi connectivity index (χ0) is 15.7. The highest BCUT2D eigenvalue weighted by Crippen LogP contribution is 2.65. The van der Waals surface area contributed by atoms with E-state index in [4.69, 9.17) is 0 Å². The lowest BCUT2D eigenvalue weighted by molar-refractivity contribution is -0.142. The van der Waals surface area contributed by atoms with Crippen LogP contribution in [0.2, 0.25) is 0 Å². The minimum atomic E-state index is -0.0599. The van der Waals surface area contributed by atoms with Crippen molar-refractivity contribution in [1.82, 2.24) is 0 Å². The minimum Gasteiger partial charge on any atom is -0.393 e. The molecule has 0 aromatic carbocycles. The first-order valence-electron chi connectivity index (χ1n) is 9.23. The molecule has 0 radical (unpaired) electrons. The van der Waals surface area contributed by atoms with Crippen LogP contribution in [0.4, 0.5) is 0 Å². The summed E-state index contributed by atoms with van der Waals surface area (Å²) in [7, 11) is 0. The van der Waals surface area contributed by atoms with Crippen LogP contribution in [0.3, 0.4) is 0 Å². The smallest absolute Gasteiger partial charge is 0.151 e. The van der Waals surface area contributed by atoms with E-state index in [0.29, 0.717) is 23.0 Å². The number of hydrogen-bond donors (Lipinski definition) is 1. The van der Waals surface area contributed by atoms with E-state index in [-0.39, 0.29) is 15.4 Å². The van der Waals surface area contributed by atoms with Crippen molar-refractivity contribution in [3.63, 3.8) is 0 Å². The van der Waals surface area contributed by atoms with Crippen LogP contribution in [0.1, 0.15) is 65.2 Å². The monoisotopic (exact) mass is 416 g/mol. The number of aliphatic hydroxyl groups is 1.